The average molecular weight is 178 g/mol. The number of nitrogens with one attached hydrogen (secondary N) is 1. The molecule has 2 aromatic rings. The third kappa shape index (κ3) is 1.20. The predicted molar refractivity (Wildman–Crippen MR) is 47.5 cm³/mol. The molecule has 1 heterocycles. The van der Waals surface area contributed by atoms with Crippen LogP contribution in [-0.4, -0.2) is 4.98 Å². The molecule has 0 amide bonds. The van der Waals surface area contributed by atoms with Crippen LogP contribution < -0.4 is 17.1 Å². The maximum absolute atomic E-state index is 11.1. The number of nitrogens with two attached hydrogens (primary N) is 1. The Balaban J connectivity index is 3.04. The number of hydrogen-bond donors (Lipinski definition) is 2. The second-order valence-corrected chi connectivity index (χ2v) is 2.61. The highest BCUT2D eigenvalue weighted by Crippen LogP contribution is 2.09. The fourth-order valence-corrected chi connectivity index (χ4v) is 1.11. The fourth-order valence-electron chi connectivity index (χ4n) is 1.11. The normalized spacial score (nSPS) is 10.5. The van der Waals surface area contributed by atoms with Gasteiger partial charge >= 0.3 is 11.4 Å². The number of rotatable bonds is 0. The summed E-state index contributed by atoms with van der Waals surface area (Å²) in [5.74, 6) is -0.762. The fraction of sp³-hybridized carbons (Fsp3) is 0. The summed E-state index contributed by atoms with van der Waals surface area (Å²) in [5.41, 5.74) is 5.66. The van der Waals surface area contributed by atoms with Crippen molar-refractivity contribution < 1.29 is 4.42 Å². The number of fused-ring (bicyclic) bond motifs is 1. The molecule has 1 aromatic carbocycles. The lowest BCUT2D eigenvalue weighted by Gasteiger charge is -1.95. The molecule has 0 aliphatic heterocycles. The first-order valence-electron chi connectivity index (χ1n) is 3.59. The maximum Gasteiger partial charge on any atom is 0.419 e. The van der Waals surface area contributed by atoms with E-state index in [1.165, 1.54) is 6.07 Å². The van der Waals surface area contributed by atoms with Crippen LogP contribution in [0.2, 0.25) is 0 Å². The minimum atomic E-state index is -0.762. The molecular weight excluding hydrogens is 172 g/mol. The van der Waals surface area contributed by atoms with E-state index in [0.29, 0.717) is 11.2 Å². The van der Waals surface area contributed by atoms with Crippen molar-refractivity contribution in [2.24, 2.45) is 0 Å². The summed E-state index contributed by atoms with van der Waals surface area (Å²) in [7, 11) is 0. The molecule has 0 radical (unpaired) electrons. The van der Waals surface area contributed by atoms with Gasteiger partial charge in [-0.1, -0.05) is 0 Å². The van der Waals surface area contributed by atoms with Crippen molar-refractivity contribution in [3.05, 3.63) is 39.2 Å². The number of aromatic amines is 1. The highest BCUT2D eigenvalue weighted by atomic mass is 16.4. The van der Waals surface area contributed by atoms with Crippen LogP contribution >= 0.6 is 0 Å². The number of H-pyrrole nitrogens is 1. The molecule has 0 bridgehead atoms. The van der Waals surface area contributed by atoms with E-state index in [4.69, 9.17) is 5.73 Å². The molecule has 0 saturated carbocycles. The summed E-state index contributed by atoms with van der Waals surface area (Å²) in [5, 5.41) is 0.277. The van der Waals surface area contributed by atoms with Crippen LogP contribution in [0.1, 0.15) is 0 Å². The van der Waals surface area contributed by atoms with Gasteiger partial charge in [-0.2, -0.15) is 0 Å². The second kappa shape index (κ2) is 2.48. The Kier molecular flexibility index (Phi) is 1.45. The largest absolute Gasteiger partial charge is 0.419 e. The second-order valence-electron chi connectivity index (χ2n) is 2.61. The molecule has 0 spiro atoms. The molecule has 1 aromatic heterocycles. The van der Waals surface area contributed by atoms with Crippen LogP contribution in [-0.2, 0) is 0 Å². The zero-order chi connectivity index (χ0) is 9.42. The molecule has 0 aliphatic rings. The third-order valence-corrected chi connectivity index (χ3v) is 1.69. The smallest absolute Gasteiger partial charge is 0.399 e. The van der Waals surface area contributed by atoms with E-state index in [0.717, 1.165) is 0 Å². The van der Waals surface area contributed by atoms with Crippen molar-refractivity contribution in [3.63, 3.8) is 0 Å². The van der Waals surface area contributed by atoms with Gasteiger partial charge in [0.2, 0.25) is 0 Å². The zero-order valence-electron chi connectivity index (χ0n) is 6.53. The Labute approximate surface area is 71.8 Å². The molecule has 0 aliphatic carbocycles. The van der Waals surface area contributed by atoms with E-state index in [2.05, 4.69) is 9.40 Å². The van der Waals surface area contributed by atoms with E-state index in [1.54, 1.807) is 12.1 Å². The molecular formula is C8H6N2O3. The van der Waals surface area contributed by atoms with E-state index >= 15 is 0 Å². The van der Waals surface area contributed by atoms with Gasteiger partial charge in [0.05, 0.1) is 10.9 Å². The van der Waals surface area contributed by atoms with Crippen molar-refractivity contribution in [1.82, 2.24) is 4.98 Å². The van der Waals surface area contributed by atoms with Crippen LogP contribution in [0, 0.1) is 0 Å². The molecule has 0 fully saturated rings. The van der Waals surface area contributed by atoms with E-state index in [1.807, 2.05) is 0 Å². The Morgan fingerprint density at radius 1 is 1.31 bits per heavy atom. The van der Waals surface area contributed by atoms with Crippen LogP contribution in [0.25, 0.3) is 10.9 Å². The first kappa shape index (κ1) is 7.60. The lowest BCUT2D eigenvalue weighted by atomic mass is 10.2. The molecule has 0 unspecified atom stereocenters. The van der Waals surface area contributed by atoms with E-state index in [9.17, 15) is 9.59 Å². The minimum absolute atomic E-state index is 0.277. The molecule has 13 heavy (non-hydrogen) atoms. The first-order valence-corrected chi connectivity index (χ1v) is 3.59. The number of hydrogen-bond acceptors (Lipinski definition) is 4. The van der Waals surface area contributed by atoms with Gasteiger partial charge in [-0.15, -0.1) is 0 Å². The Hall–Kier alpha value is -2.04. The summed E-state index contributed by atoms with van der Waals surface area (Å²) in [6.45, 7) is 0. The lowest BCUT2D eigenvalue weighted by Crippen LogP contribution is -2.14. The van der Waals surface area contributed by atoms with E-state index in [-0.39, 0.29) is 5.39 Å². The molecule has 0 saturated heterocycles. The van der Waals surface area contributed by atoms with Crippen molar-refractivity contribution in [3.8, 4) is 0 Å². The summed E-state index contributed by atoms with van der Waals surface area (Å²) >= 11 is 0. The average Bonchev–Trinajstić information content (AvgIpc) is 2.06. The molecule has 2 rings (SSSR count). The molecule has 5 nitrogen and oxygen atoms in total. The summed E-state index contributed by atoms with van der Waals surface area (Å²) in [6, 6.07) is 4.61. The monoisotopic (exact) mass is 178 g/mol. The molecule has 3 N–H and O–H groups in total. The van der Waals surface area contributed by atoms with Gasteiger partial charge in [0.15, 0.2) is 0 Å². The van der Waals surface area contributed by atoms with Crippen molar-refractivity contribution in [1.29, 1.82) is 0 Å². The van der Waals surface area contributed by atoms with Crippen molar-refractivity contribution in [2.75, 3.05) is 5.73 Å². The van der Waals surface area contributed by atoms with Gasteiger partial charge in [-0.25, -0.2) is 9.59 Å². The lowest BCUT2D eigenvalue weighted by molar-refractivity contribution is 0.460. The summed E-state index contributed by atoms with van der Waals surface area (Å²) in [4.78, 5) is 24.2. The number of nitrogen functional groups attached to an aromatic ring is 1. The van der Waals surface area contributed by atoms with Crippen molar-refractivity contribution in [2.45, 2.75) is 0 Å². The Bertz CT molecular complexity index is 567. The van der Waals surface area contributed by atoms with Crippen LogP contribution in [0.5, 0.6) is 0 Å². The van der Waals surface area contributed by atoms with Gasteiger partial charge in [-0.05, 0) is 18.2 Å². The van der Waals surface area contributed by atoms with Gasteiger partial charge in [-0.3, -0.25) is 4.98 Å². The summed E-state index contributed by atoms with van der Waals surface area (Å²) in [6.07, 6.45) is 0. The predicted octanol–water partition coefficient (Wildman–Crippen LogP) is 0.0635. The van der Waals surface area contributed by atoms with Crippen LogP contribution in [0.4, 0.5) is 5.69 Å². The van der Waals surface area contributed by atoms with Gasteiger partial charge in [0, 0.05) is 5.69 Å². The maximum atomic E-state index is 11.1. The Morgan fingerprint density at radius 3 is 2.85 bits per heavy atom. The van der Waals surface area contributed by atoms with E-state index < -0.39 is 11.4 Å². The zero-order valence-corrected chi connectivity index (χ0v) is 6.53. The third-order valence-electron chi connectivity index (χ3n) is 1.69. The summed E-state index contributed by atoms with van der Waals surface area (Å²) < 4.78 is 4.32. The van der Waals surface area contributed by atoms with Gasteiger partial charge in [0.25, 0.3) is 0 Å². The quantitative estimate of drug-likeness (QED) is 0.558. The highest BCUT2D eigenvalue weighted by molar-refractivity contribution is 5.80. The number of aromatic nitrogens is 1. The highest BCUT2D eigenvalue weighted by Gasteiger charge is 2.01. The van der Waals surface area contributed by atoms with Crippen LogP contribution in [0.15, 0.2) is 32.2 Å². The van der Waals surface area contributed by atoms with Gasteiger partial charge in [0.1, 0.15) is 0 Å². The minimum Gasteiger partial charge on any atom is -0.399 e. The van der Waals surface area contributed by atoms with Crippen LogP contribution in [0.3, 0.4) is 0 Å². The standard InChI is InChI=1S/C8H6N2O3/c9-4-1-2-6-5(3-4)7(11)13-8(12)10-6/h1-3H,9H2,(H,10,12). The number of anilines is 1. The number of benzene rings is 1. The van der Waals surface area contributed by atoms with Gasteiger partial charge < -0.3 is 10.2 Å². The Morgan fingerprint density at radius 2 is 2.08 bits per heavy atom. The SMILES string of the molecule is Nc1ccc2[nH]c(=O)oc(=O)c2c1. The first-order chi connectivity index (χ1) is 6.16. The van der Waals surface area contributed by atoms with Crippen molar-refractivity contribution >= 4 is 16.6 Å². The molecule has 0 atom stereocenters. The topological polar surface area (TPSA) is 89.1 Å². The molecule has 66 valence electrons. The molecule has 5 heteroatoms.